The normalized spacial score (nSPS) is 13.1. The zero-order chi connectivity index (χ0) is 21.7. The molecule has 1 aromatic carbocycles. The molecule has 160 valence electrons. The van der Waals surface area contributed by atoms with Crippen LogP contribution in [-0.2, 0) is 17.8 Å². The topological polar surface area (TPSA) is 99.8 Å². The number of methoxy groups -OCH3 is 1. The van der Waals surface area contributed by atoms with Gasteiger partial charge in [0.1, 0.15) is 17.6 Å². The van der Waals surface area contributed by atoms with Crippen LogP contribution in [0.15, 0.2) is 30.3 Å². The zero-order valence-electron chi connectivity index (χ0n) is 18.2. The number of rotatable bonds is 9. The third-order valence-corrected chi connectivity index (χ3v) is 5.03. The molecular weight excluding hydrogens is 382 g/mol. The first-order valence-electron chi connectivity index (χ1n) is 10.0. The Morgan fingerprint density at radius 1 is 1.23 bits per heavy atom. The SMILES string of the molecule is COc1cccc(C[C@@H](C(=O)NC[C@H](C)Cn2nc(C)cc2C)n2nnnc2C)c1. The molecule has 0 radical (unpaired) electrons. The number of amides is 1. The standard InChI is InChI=1S/C21H29N7O2/c1-14(13-27-16(3)9-15(2)24-27)12-22-21(29)20(28-17(4)23-25-26-28)11-18-7-6-8-19(10-18)30-5/h6-10,14,20H,11-13H2,1-5H3,(H,22,29)/t14-,20-/m0/s1. The molecule has 30 heavy (non-hydrogen) atoms. The van der Waals surface area contributed by atoms with Crippen LogP contribution >= 0.6 is 0 Å². The number of nitrogens with zero attached hydrogens (tertiary/aromatic N) is 6. The van der Waals surface area contributed by atoms with E-state index in [1.54, 1.807) is 18.7 Å². The Morgan fingerprint density at radius 2 is 2.03 bits per heavy atom. The van der Waals surface area contributed by atoms with Crippen molar-refractivity contribution in [3.05, 3.63) is 53.1 Å². The summed E-state index contributed by atoms with van der Waals surface area (Å²) >= 11 is 0. The second-order valence-electron chi connectivity index (χ2n) is 7.70. The van der Waals surface area contributed by atoms with E-state index in [0.29, 0.717) is 18.8 Å². The van der Waals surface area contributed by atoms with Crippen LogP contribution < -0.4 is 10.1 Å². The number of aryl methyl sites for hydroxylation is 3. The third-order valence-electron chi connectivity index (χ3n) is 5.03. The molecule has 2 aromatic heterocycles. The van der Waals surface area contributed by atoms with Gasteiger partial charge in [0.05, 0.1) is 12.8 Å². The summed E-state index contributed by atoms with van der Waals surface area (Å²) in [7, 11) is 1.62. The predicted molar refractivity (Wildman–Crippen MR) is 112 cm³/mol. The monoisotopic (exact) mass is 411 g/mol. The van der Waals surface area contributed by atoms with Gasteiger partial charge in [-0.2, -0.15) is 5.10 Å². The summed E-state index contributed by atoms with van der Waals surface area (Å²) in [6.45, 7) is 9.17. The summed E-state index contributed by atoms with van der Waals surface area (Å²) in [5, 5.41) is 19.3. The van der Waals surface area contributed by atoms with Gasteiger partial charge >= 0.3 is 0 Å². The Balaban J connectivity index is 1.69. The van der Waals surface area contributed by atoms with Gasteiger partial charge in [-0.3, -0.25) is 9.48 Å². The molecule has 0 saturated carbocycles. The van der Waals surface area contributed by atoms with Crippen molar-refractivity contribution in [2.24, 2.45) is 5.92 Å². The summed E-state index contributed by atoms with van der Waals surface area (Å²) in [5.74, 6) is 1.44. The highest BCUT2D eigenvalue weighted by atomic mass is 16.5. The van der Waals surface area contributed by atoms with Crippen molar-refractivity contribution in [3.8, 4) is 5.75 Å². The molecule has 9 heteroatoms. The lowest BCUT2D eigenvalue weighted by molar-refractivity contribution is -0.124. The van der Waals surface area contributed by atoms with Crippen molar-refractivity contribution >= 4 is 5.91 Å². The van der Waals surface area contributed by atoms with Crippen molar-refractivity contribution in [3.63, 3.8) is 0 Å². The molecular formula is C21H29N7O2. The van der Waals surface area contributed by atoms with E-state index in [4.69, 9.17) is 4.74 Å². The van der Waals surface area contributed by atoms with Gasteiger partial charge in [-0.25, -0.2) is 4.68 Å². The van der Waals surface area contributed by atoms with Crippen molar-refractivity contribution in [2.45, 2.75) is 46.7 Å². The van der Waals surface area contributed by atoms with Crippen LogP contribution in [0.4, 0.5) is 0 Å². The van der Waals surface area contributed by atoms with Gasteiger partial charge in [0.25, 0.3) is 0 Å². The van der Waals surface area contributed by atoms with Gasteiger partial charge in [0.15, 0.2) is 0 Å². The van der Waals surface area contributed by atoms with Gasteiger partial charge in [0, 0.05) is 25.2 Å². The molecule has 0 bridgehead atoms. The molecule has 0 aliphatic heterocycles. The van der Waals surface area contributed by atoms with Crippen LogP contribution in [0, 0.1) is 26.7 Å². The molecule has 0 fully saturated rings. The maximum atomic E-state index is 13.1. The molecule has 2 heterocycles. The van der Waals surface area contributed by atoms with E-state index in [9.17, 15) is 4.79 Å². The van der Waals surface area contributed by atoms with E-state index in [1.807, 2.05) is 42.8 Å². The molecule has 1 amide bonds. The largest absolute Gasteiger partial charge is 0.497 e. The molecule has 0 spiro atoms. The van der Waals surface area contributed by atoms with Gasteiger partial charge in [0.2, 0.25) is 5.91 Å². The van der Waals surface area contributed by atoms with E-state index in [0.717, 1.165) is 29.2 Å². The zero-order valence-corrected chi connectivity index (χ0v) is 18.2. The van der Waals surface area contributed by atoms with Gasteiger partial charge < -0.3 is 10.1 Å². The fraction of sp³-hybridized carbons (Fsp3) is 0.476. The maximum Gasteiger partial charge on any atom is 0.245 e. The smallest absolute Gasteiger partial charge is 0.245 e. The van der Waals surface area contributed by atoms with E-state index in [-0.39, 0.29) is 11.8 Å². The fourth-order valence-electron chi connectivity index (χ4n) is 3.45. The number of tetrazole rings is 1. The van der Waals surface area contributed by atoms with Crippen molar-refractivity contribution in [1.29, 1.82) is 0 Å². The second kappa shape index (κ2) is 9.51. The number of nitrogens with one attached hydrogen (secondary N) is 1. The minimum absolute atomic E-state index is 0.117. The van der Waals surface area contributed by atoms with Gasteiger partial charge in [-0.1, -0.05) is 19.1 Å². The summed E-state index contributed by atoms with van der Waals surface area (Å²) in [6.07, 6.45) is 0.459. The number of ether oxygens (including phenoxy) is 1. The molecule has 3 rings (SSSR count). The minimum atomic E-state index is -0.548. The highest BCUT2D eigenvalue weighted by molar-refractivity contribution is 5.80. The molecule has 1 N–H and O–H groups in total. The molecule has 0 aliphatic carbocycles. The number of hydrogen-bond acceptors (Lipinski definition) is 6. The van der Waals surface area contributed by atoms with Crippen LogP contribution in [0.5, 0.6) is 5.75 Å². The lowest BCUT2D eigenvalue weighted by atomic mass is 10.0. The third kappa shape index (κ3) is 5.22. The van der Waals surface area contributed by atoms with Crippen LogP contribution in [0.25, 0.3) is 0 Å². The molecule has 3 aromatic rings. The highest BCUT2D eigenvalue weighted by Crippen LogP contribution is 2.19. The molecule has 9 nitrogen and oxygen atoms in total. The van der Waals surface area contributed by atoms with Gasteiger partial charge in [-0.15, -0.1) is 5.10 Å². The lowest BCUT2D eigenvalue weighted by Gasteiger charge is -2.20. The van der Waals surface area contributed by atoms with Crippen LogP contribution in [0.2, 0.25) is 0 Å². The van der Waals surface area contributed by atoms with Gasteiger partial charge in [-0.05, 0) is 60.9 Å². The Bertz CT molecular complexity index is 995. The average molecular weight is 412 g/mol. The molecule has 0 saturated heterocycles. The van der Waals surface area contributed by atoms with Crippen LogP contribution in [0.1, 0.15) is 35.7 Å². The summed E-state index contributed by atoms with van der Waals surface area (Å²) in [4.78, 5) is 13.1. The van der Waals surface area contributed by atoms with E-state index in [2.05, 4.69) is 38.9 Å². The fourth-order valence-corrected chi connectivity index (χ4v) is 3.45. The molecule has 0 unspecified atom stereocenters. The van der Waals surface area contributed by atoms with Crippen LogP contribution in [0.3, 0.4) is 0 Å². The summed E-state index contributed by atoms with van der Waals surface area (Å²) in [5.41, 5.74) is 3.09. The van der Waals surface area contributed by atoms with Crippen LogP contribution in [-0.4, -0.2) is 49.5 Å². The van der Waals surface area contributed by atoms with Crippen molar-refractivity contribution in [2.75, 3.05) is 13.7 Å². The van der Waals surface area contributed by atoms with E-state index >= 15 is 0 Å². The molecule has 0 aliphatic rings. The number of hydrogen-bond donors (Lipinski definition) is 1. The number of carbonyl (C=O) groups excluding carboxylic acids is 1. The maximum absolute atomic E-state index is 13.1. The first-order chi connectivity index (χ1) is 14.4. The Labute approximate surface area is 176 Å². The number of aromatic nitrogens is 6. The summed E-state index contributed by atoms with van der Waals surface area (Å²) < 4.78 is 8.85. The Kier molecular flexibility index (Phi) is 6.81. The average Bonchev–Trinajstić information content (AvgIpc) is 3.28. The summed E-state index contributed by atoms with van der Waals surface area (Å²) in [6, 6.07) is 9.18. The Morgan fingerprint density at radius 3 is 2.67 bits per heavy atom. The minimum Gasteiger partial charge on any atom is -0.497 e. The number of carbonyl (C=O) groups is 1. The molecule has 2 atom stereocenters. The highest BCUT2D eigenvalue weighted by Gasteiger charge is 2.24. The first kappa shape index (κ1) is 21.5. The van der Waals surface area contributed by atoms with E-state index in [1.165, 1.54) is 0 Å². The second-order valence-corrected chi connectivity index (χ2v) is 7.70. The predicted octanol–water partition coefficient (Wildman–Crippen LogP) is 2.04. The quantitative estimate of drug-likeness (QED) is 0.578. The van der Waals surface area contributed by atoms with Crippen molar-refractivity contribution in [1.82, 2.24) is 35.3 Å². The first-order valence-corrected chi connectivity index (χ1v) is 10.0. The van der Waals surface area contributed by atoms with E-state index < -0.39 is 6.04 Å². The lowest BCUT2D eigenvalue weighted by Crippen LogP contribution is -2.38. The number of benzene rings is 1. The Hall–Kier alpha value is -3.23. The van der Waals surface area contributed by atoms with Crippen molar-refractivity contribution < 1.29 is 9.53 Å².